The Morgan fingerprint density at radius 3 is 2.14 bits per heavy atom. The van der Waals surface area contributed by atoms with Crippen molar-refractivity contribution in [3.63, 3.8) is 0 Å². The molecule has 2 N–H and O–H groups in total. The lowest BCUT2D eigenvalue weighted by Gasteiger charge is -2.22. The molecule has 6 nitrogen and oxygen atoms in total. The molecule has 0 saturated heterocycles. The number of benzene rings is 1. The fraction of sp³-hybridized carbons (Fsp3) is 0.571. The summed E-state index contributed by atoms with van der Waals surface area (Å²) in [4.78, 5) is 2.18. The Balaban J connectivity index is 2.79. The van der Waals surface area contributed by atoms with E-state index >= 15 is 0 Å². The van der Waals surface area contributed by atoms with Crippen molar-refractivity contribution in [2.75, 3.05) is 47.6 Å². The fourth-order valence-corrected chi connectivity index (χ4v) is 2.05. The molecule has 0 aliphatic rings. The maximum Gasteiger partial charge on any atom is 0.492 e. The van der Waals surface area contributed by atoms with Crippen LogP contribution in [-0.2, 0) is 16.0 Å². The van der Waals surface area contributed by atoms with Crippen molar-refractivity contribution in [3.8, 4) is 5.75 Å². The molecule has 1 rings (SSSR count). The number of ether oxygens (including phenoxy) is 3. The van der Waals surface area contributed by atoms with Crippen LogP contribution in [0.1, 0.15) is 5.56 Å². The van der Waals surface area contributed by atoms with Crippen molar-refractivity contribution in [1.82, 2.24) is 4.90 Å². The van der Waals surface area contributed by atoms with Crippen molar-refractivity contribution in [3.05, 3.63) is 23.8 Å². The van der Waals surface area contributed by atoms with E-state index in [0.717, 1.165) is 18.7 Å². The third kappa shape index (κ3) is 6.03. The van der Waals surface area contributed by atoms with Gasteiger partial charge in [0.15, 0.2) is 0 Å². The highest BCUT2D eigenvalue weighted by atomic mass is 16.5. The molecule has 7 heteroatoms. The summed E-state index contributed by atoms with van der Waals surface area (Å²) in [5.74, 6) is 0.467. The van der Waals surface area contributed by atoms with Crippen LogP contribution in [0.25, 0.3) is 0 Å². The first-order valence-electron chi connectivity index (χ1n) is 6.85. The SMILES string of the molecule is COCCN(CCOC)Cc1ccc(OC)c(B(O)O)c1. The zero-order valence-electron chi connectivity index (χ0n) is 12.9. The van der Waals surface area contributed by atoms with Gasteiger partial charge in [0.25, 0.3) is 0 Å². The van der Waals surface area contributed by atoms with Gasteiger partial charge in [-0.25, -0.2) is 0 Å². The van der Waals surface area contributed by atoms with Crippen molar-refractivity contribution in [2.45, 2.75) is 6.54 Å². The monoisotopic (exact) mass is 297 g/mol. The third-order valence-corrected chi connectivity index (χ3v) is 3.20. The van der Waals surface area contributed by atoms with E-state index in [4.69, 9.17) is 14.2 Å². The van der Waals surface area contributed by atoms with Gasteiger partial charge >= 0.3 is 7.12 Å². The van der Waals surface area contributed by atoms with Crippen LogP contribution in [0.5, 0.6) is 5.75 Å². The van der Waals surface area contributed by atoms with Crippen LogP contribution in [0, 0.1) is 0 Å². The topological polar surface area (TPSA) is 71.4 Å². The minimum atomic E-state index is -1.55. The lowest BCUT2D eigenvalue weighted by Crippen LogP contribution is -2.33. The van der Waals surface area contributed by atoms with E-state index in [1.54, 1.807) is 26.4 Å². The molecular formula is C14H24BNO5. The molecule has 21 heavy (non-hydrogen) atoms. The molecule has 0 heterocycles. The summed E-state index contributed by atoms with van der Waals surface area (Å²) in [5.41, 5.74) is 1.35. The zero-order chi connectivity index (χ0) is 15.7. The quantitative estimate of drug-likeness (QED) is 0.566. The number of hydrogen-bond donors (Lipinski definition) is 2. The van der Waals surface area contributed by atoms with E-state index < -0.39 is 7.12 Å². The first-order valence-corrected chi connectivity index (χ1v) is 6.85. The Hall–Kier alpha value is -1.12. The van der Waals surface area contributed by atoms with Crippen LogP contribution in [-0.4, -0.2) is 69.7 Å². The highest BCUT2D eigenvalue weighted by Crippen LogP contribution is 2.12. The average molecular weight is 297 g/mol. The summed E-state index contributed by atoms with van der Waals surface area (Å²) in [5, 5.41) is 18.8. The van der Waals surface area contributed by atoms with Crippen LogP contribution in [0.2, 0.25) is 0 Å². The molecule has 118 valence electrons. The molecule has 1 aromatic rings. The maximum atomic E-state index is 9.40. The Morgan fingerprint density at radius 1 is 1.05 bits per heavy atom. The molecule has 0 atom stereocenters. The number of rotatable bonds is 10. The number of nitrogens with zero attached hydrogens (tertiary/aromatic N) is 1. The van der Waals surface area contributed by atoms with Crippen LogP contribution in [0.15, 0.2) is 18.2 Å². The van der Waals surface area contributed by atoms with Gasteiger partial charge < -0.3 is 24.3 Å². The number of hydrogen-bond acceptors (Lipinski definition) is 6. The second-order valence-electron chi connectivity index (χ2n) is 4.71. The molecular weight excluding hydrogens is 273 g/mol. The van der Waals surface area contributed by atoms with Crippen LogP contribution < -0.4 is 10.2 Å². The Kier molecular flexibility index (Phi) is 8.33. The molecule has 0 unspecified atom stereocenters. The highest BCUT2D eigenvalue weighted by Gasteiger charge is 2.18. The fourth-order valence-electron chi connectivity index (χ4n) is 2.05. The van der Waals surface area contributed by atoms with E-state index in [-0.39, 0.29) is 0 Å². The summed E-state index contributed by atoms with van der Waals surface area (Å²) in [6.45, 7) is 3.51. The Labute approximate surface area is 126 Å². The Morgan fingerprint density at radius 2 is 1.67 bits per heavy atom. The van der Waals surface area contributed by atoms with E-state index in [9.17, 15) is 10.0 Å². The second-order valence-corrected chi connectivity index (χ2v) is 4.71. The lowest BCUT2D eigenvalue weighted by molar-refractivity contribution is 0.110. The minimum absolute atomic E-state index is 0.369. The van der Waals surface area contributed by atoms with Gasteiger partial charge in [0.2, 0.25) is 0 Å². The predicted molar refractivity (Wildman–Crippen MR) is 81.8 cm³/mol. The van der Waals surface area contributed by atoms with E-state index in [0.29, 0.717) is 31.0 Å². The smallest absolute Gasteiger partial charge is 0.492 e. The maximum absolute atomic E-state index is 9.40. The van der Waals surface area contributed by atoms with Crippen molar-refractivity contribution in [1.29, 1.82) is 0 Å². The normalized spacial score (nSPS) is 11.0. The van der Waals surface area contributed by atoms with Gasteiger partial charge in [0.05, 0.1) is 20.3 Å². The molecule has 0 saturated carbocycles. The van der Waals surface area contributed by atoms with Crippen LogP contribution >= 0.6 is 0 Å². The minimum Gasteiger partial charge on any atom is -0.497 e. The van der Waals surface area contributed by atoms with E-state index in [1.165, 1.54) is 7.11 Å². The van der Waals surface area contributed by atoms with Crippen LogP contribution in [0.3, 0.4) is 0 Å². The molecule has 1 aromatic carbocycles. The van der Waals surface area contributed by atoms with Crippen molar-refractivity contribution < 1.29 is 24.3 Å². The summed E-state index contributed by atoms with van der Waals surface area (Å²) in [7, 11) is 3.29. The van der Waals surface area contributed by atoms with E-state index in [2.05, 4.69) is 4.90 Å². The van der Waals surface area contributed by atoms with Gasteiger partial charge in [-0.1, -0.05) is 12.1 Å². The molecule has 0 aliphatic heterocycles. The average Bonchev–Trinajstić information content (AvgIpc) is 2.49. The Bertz CT molecular complexity index is 408. The predicted octanol–water partition coefficient (Wildman–Crippen LogP) is -0.530. The van der Waals surface area contributed by atoms with Gasteiger partial charge in [0.1, 0.15) is 5.75 Å². The van der Waals surface area contributed by atoms with Gasteiger partial charge in [-0.3, -0.25) is 4.90 Å². The van der Waals surface area contributed by atoms with Gasteiger partial charge in [-0.15, -0.1) is 0 Å². The summed E-state index contributed by atoms with van der Waals surface area (Å²) < 4.78 is 15.3. The largest absolute Gasteiger partial charge is 0.497 e. The summed E-state index contributed by atoms with van der Waals surface area (Å²) >= 11 is 0. The molecule has 0 amide bonds. The van der Waals surface area contributed by atoms with Gasteiger partial charge in [0, 0.05) is 39.3 Å². The molecule has 0 spiro atoms. The second kappa shape index (κ2) is 9.75. The van der Waals surface area contributed by atoms with Gasteiger partial charge in [-0.2, -0.15) is 0 Å². The first-order chi connectivity index (χ1) is 10.1. The lowest BCUT2D eigenvalue weighted by atomic mass is 9.78. The molecule has 0 bridgehead atoms. The third-order valence-electron chi connectivity index (χ3n) is 3.20. The van der Waals surface area contributed by atoms with Crippen LogP contribution in [0.4, 0.5) is 0 Å². The van der Waals surface area contributed by atoms with Crippen molar-refractivity contribution >= 4 is 12.6 Å². The zero-order valence-corrected chi connectivity index (χ0v) is 12.9. The summed E-state index contributed by atoms with van der Waals surface area (Å²) in [6.07, 6.45) is 0. The van der Waals surface area contributed by atoms with Crippen molar-refractivity contribution in [2.24, 2.45) is 0 Å². The molecule has 0 radical (unpaired) electrons. The summed E-state index contributed by atoms with van der Waals surface area (Å²) in [6, 6.07) is 5.41. The highest BCUT2D eigenvalue weighted by molar-refractivity contribution is 6.59. The number of methoxy groups -OCH3 is 3. The molecule has 0 fully saturated rings. The molecule has 0 aromatic heterocycles. The van der Waals surface area contributed by atoms with Gasteiger partial charge in [-0.05, 0) is 11.6 Å². The first kappa shape index (κ1) is 17.9. The van der Waals surface area contributed by atoms with E-state index in [1.807, 2.05) is 6.07 Å². The molecule has 0 aliphatic carbocycles. The standard InChI is InChI=1S/C14H24BNO5/c1-19-8-6-16(7-9-20-2)11-12-4-5-14(21-3)13(10-12)15(17)18/h4-5,10,17-18H,6-9,11H2,1-3H3.